The van der Waals surface area contributed by atoms with Gasteiger partial charge in [-0.25, -0.2) is 9.78 Å². The molecule has 10 heteroatoms. The Labute approximate surface area is 194 Å². The molecule has 0 atom stereocenters. The van der Waals surface area contributed by atoms with Crippen LogP contribution >= 0.6 is 11.3 Å². The predicted octanol–water partition coefficient (Wildman–Crippen LogP) is 3.06. The highest BCUT2D eigenvalue weighted by molar-refractivity contribution is 7.13. The number of ether oxygens (including phenoxy) is 2. The van der Waals surface area contributed by atoms with Crippen molar-refractivity contribution in [3.05, 3.63) is 59.1 Å². The summed E-state index contributed by atoms with van der Waals surface area (Å²) in [6, 6.07) is 12.2. The number of carbonyl (C=O) groups excluding carboxylic acids is 3. The van der Waals surface area contributed by atoms with Crippen molar-refractivity contribution in [1.82, 2.24) is 15.2 Å². The minimum atomic E-state index is -0.414. The predicted molar refractivity (Wildman–Crippen MR) is 123 cm³/mol. The number of nitrogens with zero attached hydrogens (tertiary/aromatic N) is 2. The SMILES string of the molecule is COc1ccc(-c2nc(CC(=O)Nc3cccc(CN4C(=O)CNC4=O)c3)cs2)cc1OC. The lowest BCUT2D eigenvalue weighted by atomic mass is 10.2. The molecule has 0 saturated carbocycles. The van der Waals surface area contributed by atoms with Gasteiger partial charge in [0.1, 0.15) is 5.01 Å². The summed E-state index contributed by atoms with van der Waals surface area (Å²) in [6.45, 7) is 0.156. The number of hydrogen-bond donors (Lipinski definition) is 2. The molecule has 2 aromatic carbocycles. The Morgan fingerprint density at radius 1 is 1.15 bits per heavy atom. The molecule has 1 aromatic heterocycles. The molecule has 0 unspecified atom stereocenters. The third-order valence-electron chi connectivity index (χ3n) is 5.01. The summed E-state index contributed by atoms with van der Waals surface area (Å²) < 4.78 is 10.6. The lowest BCUT2D eigenvalue weighted by Gasteiger charge is -2.13. The van der Waals surface area contributed by atoms with Crippen LogP contribution in [0.4, 0.5) is 10.5 Å². The van der Waals surface area contributed by atoms with Crippen LogP contribution < -0.4 is 20.1 Å². The first-order chi connectivity index (χ1) is 16.0. The molecule has 2 heterocycles. The Morgan fingerprint density at radius 2 is 1.97 bits per heavy atom. The molecule has 0 radical (unpaired) electrons. The van der Waals surface area contributed by atoms with Crippen molar-refractivity contribution in [1.29, 1.82) is 0 Å². The number of anilines is 1. The largest absolute Gasteiger partial charge is 0.493 e. The monoisotopic (exact) mass is 466 g/mol. The number of carbonyl (C=O) groups is 3. The second kappa shape index (κ2) is 9.70. The van der Waals surface area contributed by atoms with Crippen LogP contribution in [0.2, 0.25) is 0 Å². The van der Waals surface area contributed by atoms with Crippen molar-refractivity contribution in [3.8, 4) is 22.1 Å². The van der Waals surface area contributed by atoms with Crippen LogP contribution in [-0.2, 0) is 22.6 Å². The summed E-state index contributed by atoms with van der Waals surface area (Å²) in [5.74, 6) is 0.751. The highest BCUT2D eigenvalue weighted by Gasteiger charge is 2.28. The summed E-state index contributed by atoms with van der Waals surface area (Å²) in [5.41, 5.74) is 2.85. The van der Waals surface area contributed by atoms with Crippen molar-refractivity contribution in [2.24, 2.45) is 0 Å². The molecule has 3 aromatic rings. The van der Waals surface area contributed by atoms with Gasteiger partial charge in [-0.2, -0.15) is 0 Å². The van der Waals surface area contributed by atoms with E-state index in [1.165, 1.54) is 11.3 Å². The fourth-order valence-electron chi connectivity index (χ4n) is 3.41. The van der Waals surface area contributed by atoms with Gasteiger partial charge in [0.15, 0.2) is 11.5 Å². The summed E-state index contributed by atoms with van der Waals surface area (Å²) >= 11 is 1.44. The lowest BCUT2D eigenvalue weighted by molar-refractivity contribution is -0.125. The van der Waals surface area contributed by atoms with E-state index in [9.17, 15) is 14.4 Å². The molecule has 0 aliphatic carbocycles. The van der Waals surface area contributed by atoms with E-state index in [4.69, 9.17) is 9.47 Å². The highest BCUT2D eigenvalue weighted by Crippen LogP contribution is 2.33. The molecule has 4 amide bonds. The number of methoxy groups -OCH3 is 2. The van der Waals surface area contributed by atoms with Crippen LogP contribution in [0.15, 0.2) is 47.8 Å². The average Bonchev–Trinajstić information content (AvgIpc) is 3.40. The first-order valence-corrected chi connectivity index (χ1v) is 11.0. The van der Waals surface area contributed by atoms with Gasteiger partial charge in [-0.1, -0.05) is 12.1 Å². The van der Waals surface area contributed by atoms with Gasteiger partial charge in [-0.15, -0.1) is 11.3 Å². The van der Waals surface area contributed by atoms with E-state index in [-0.39, 0.29) is 31.3 Å². The normalized spacial score (nSPS) is 13.1. The van der Waals surface area contributed by atoms with Gasteiger partial charge in [0.25, 0.3) is 0 Å². The maximum absolute atomic E-state index is 12.6. The Hall–Kier alpha value is -3.92. The topological polar surface area (TPSA) is 110 Å². The number of urea groups is 1. The number of amides is 4. The number of aromatic nitrogens is 1. The second-order valence-electron chi connectivity index (χ2n) is 7.28. The fourth-order valence-corrected chi connectivity index (χ4v) is 4.22. The minimum Gasteiger partial charge on any atom is -0.493 e. The second-order valence-corrected chi connectivity index (χ2v) is 8.14. The van der Waals surface area contributed by atoms with Gasteiger partial charge in [-0.05, 0) is 35.9 Å². The van der Waals surface area contributed by atoms with Crippen molar-refractivity contribution < 1.29 is 23.9 Å². The fraction of sp³-hybridized carbons (Fsp3) is 0.217. The Balaban J connectivity index is 1.39. The summed E-state index contributed by atoms with van der Waals surface area (Å²) in [5, 5.41) is 7.95. The standard InChI is InChI=1S/C23H22N4O5S/c1-31-18-7-6-15(9-19(18)32-2)22-26-17(13-33-22)10-20(28)25-16-5-3-4-14(8-16)12-27-21(29)11-24-23(27)30/h3-9,13H,10-12H2,1-2H3,(H,24,30)(H,25,28). The van der Waals surface area contributed by atoms with E-state index >= 15 is 0 Å². The van der Waals surface area contributed by atoms with Gasteiger partial charge >= 0.3 is 6.03 Å². The van der Waals surface area contributed by atoms with Gasteiger partial charge in [0.2, 0.25) is 11.8 Å². The number of benzene rings is 2. The zero-order chi connectivity index (χ0) is 23.4. The molecule has 1 saturated heterocycles. The van der Waals surface area contributed by atoms with Crippen molar-refractivity contribution in [2.75, 3.05) is 26.1 Å². The molecule has 0 bridgehead atoms. The third-order valence-corrected chi connectivity index (χ3v) is 5.95. The van der Waals surface area contributed by atoms with E-state index in [0.717, 1.165) is 21.0 Å². The summed E-state index contributed by atoms with van der Waals surface area (Å²) in [4.78, 5) is 41.8. The highest BCUT2D eigenvalue weighted by atomic mass is 32.1. The van der Waals surface area contributed by atoms with Crippen LogP contribution in [0.3, 0.4) is 0 Å². The molecule has 1 fully saturated rings. The van der Waals surface area contributed by atoms with E-state index in [0.29, 0.717) is 22.9 Å². The van der Waals surface area contributed by atoms with Gasteiger partial charge < -0.3 is 20.1 Å². The Bertz CT molecular complexity index is 1190. The van der Waals surface area contributed by atoms with E-state index in [1.54, 1.807) is 38.5 Å². The van der Waals surface area contributed by atoms with Gasteiger partial charge in [0.05, 0.1) is 39.4 Å². The molecule has 9 nitrogen and oxygen atoms in total. The van der Waals surface area contributed by atoms with Crippen molar-refractivity contribution in [2.45, 2.75) is 13.0 Å². The number of nitrogens with one attached hydrogen (secondary N) is 2. The summed E-state index contributed by atoms with van der Waals surface area (Å²) in [7, 11) is 3.15. The van der Waals surface area contributed by atoms with Crippen molar-refractivity contribution >= 4 is 34.9 Å². The quantitative estimate of drug-likeness (QED) is 0.494. The molecule has 2 N–H and O–H groups in total. The molecule has 0 spiro atoms. The lowest BCUT2D eigenvalue weighted by Crippen LogP contribution is -2.30. The molecule has 4 rings (SSSR count). The first kappa shape index (κ1) is 22.3. The van der Waals surface area contributed by atoms with Gasteiger partial charge in [-0.3, -0.25) is 14.5 Å². The van der Waals surface area contributed by atoms with Gasteiger partial charge in [0, 0.05) is 16.6 Å². The molecule has 33 heavy (non-hydrogen) atoms. The minimum absolute atomic E-state index is 0.00813. The van der Waals surface area contributed by atoms with E-state index in [2.05, 4.69) is 15.6 Å². The number of rotatable bonds is 8. The Kier molecular flexibility index (Phi) is 6.55. The van der Waals surface area contributed by atoms with Crippen molar-refractivity contribution in [3.63, 3.8) is 0 Å². The number of hydrogen-bond acceptors (Lipinski definition) is 7. The average molecular weight is 467 g/mol. The zero-order valence-corrected chi connectivity index (χ0v) is 18.9. The third kappa shape index (κ3) is 5.12. The van der Waals surface area contributed by atoms with Crippen LogP contribution in [0, 0.1) is 0 Å². The van der Waals surface area contributed by atoms with Crippen LogP contribution in [0.25, 0.3) is 10.6 Å². The zero-order valence-electron chi connectivity index (χ0n) is 18.1. The van der Waals surface area contributed by atoms with Crippen LogP contribution in [0.1, 0.15) is 11.3 Å². The molecule has 1 aliphatic heterocycles. The smallest absolute Gasteiger partial charge is 0.324 e. The number of thiazole rings is 1. The van der Waals surface area contributed by atoms with E-state index in [1.807, 2.05) is 23.6 Å². The number of imide groups is 1. The Morgan fingerprint density at radius 3 is 2.70 bits per heavy atom. The maximum Gasteiger partial charge on any atom is 0.324 e. The summed E-state index contributed by atoms with van der Waals surface area (Å²) in [6.07, 6.45) is 0.112. The first-order valence-electron chi connectivity index (χ1n) is 10.1. The molecule has 1 aliphatic rings. The maximum atomic E-state index is 12.6. The van der Waals surface area contributed by atoms with Crippen LogP contribution in [0.5, 0.6) is 11.5 Å². The van der Waals surface area contributed by atoms with Crippen LogP contribution in [-0.4, -0.2) is 48.5 Å². The molecular formula is C23H22N4O5S. The van der Waals surface area contributed by atoms with E-state index < -0.39 is 6.03 Å². The molecule has 170 valence electrons. The molecular weight excluding hydrogens is 444 g/mol.